The summed E-state index contributed by atoms with van der Waals surface area (Å²) in [6.45, 7) is 3.06. The highest BCUT2D eigenvalue weighted by atomic mass is 35.5. The molecule has 0 saturated carbocycles. The number of carbonyl (C=O) groups excluding carboxylic acids is 1. The van der Waals surface area contributed by atoms with E-state index < -0.39 is 15.9 Å². The van der Waals surface area contributed by atoms with Gasteiger partial charge in [0.25, 0.3) is 5.91 Å². The number of benzene rings is 2. The Labute approximate surface area is 181 Å². The van der Waals surface area contributed by atoms with Gasteiger partial charge in [-0.15, -0.1) is 0 Å². The average Bonchev–Trinajstić information content (AvgIpc) is 2.76. The molecule has 7 nitrogen and oxygen atoms in total. The average molecular weight is 445 g/mol. The number of sulfonamides is 1. The summed E-state index contributed by atoms with van der Waals surface area (Å²) in [6.07, 6.45) is 1.47. The summed E-state index contributed by atoms with van der Waals surface area (Å²) in [5, 5.41) is 12.6. The van der Waals surface area contributed by atoms with Gasteiger partial charge in [-0.3, -0.25) is 4.79 Å². The Bertz CT molecular complexity index is 1100. The monoisotopic (exact) mass is 444 g/mol. The van der Waals surface area contributed by atoms with Gasteiger partial charge in [-0.25, -0.2) is 8.42 Å². The van der Waals surface area contributed by atoms with E-state index in [1.165, 1.54) is 10.5 Å². The Morgan fingerprint density at radius 3 is 2.40 bits per heavy atom. The third kappa shape index (κ3) is 4.82. The van der Waals surface area contributed by atoms with Crippen LogP contribution in [-0.2, 0) is 14.8 Å². The van der Waals surface area contributed by atoms with Gasteiger partial charge in [0.1, 0.15) is 11.6 Å². The van der Waals surface area contributed by atoms with E-state index in [1.54, 1.807) is 60.4 Å². The van der Waals surface area contributed by atoms with Crippen molar-refractivity contribution in [1.29, 1.82) is 5.26 Å². The van der Waals surface area contributed by atoms with Crippen LogP contribution in [0.2, 0.25) is 5.02 Å². The Balaban J connectivity index is 1.66. The minimum Gasteiger partial charge on any atom is -0.373 e. The van der Waals surface area contributed by atoms with Crippen LogP contribution in [0.3, 0.4) is 0 Å². The molecule has 2 aromatic carbocycles. The molecule has 1 aliphatic heterocycles. The molecule has 3 rings (SSSR count). The fourth-order valence-corrected chi connectivity index (χ4v) is 4.69. The predicted octanol–water partition coefficient (Wildman–Crippen LogP) is 3.00. The summed E-state index contributed by atoms with van der Waals surface area (Å²) < 4.78 is 26.8. The van der Waals surface area contributed by atoms with E-state index in [0.717, 1.165) is 0 Å². The number of nitrogens with one attached hydrogen (secondary N) is 1. The maximum Gasteiger partial charge on any atom is 0.267 e. The first-order valence-corrected chi connectivity index (χ1v) is 11.1. The van der Waals surface area contributed by atoms with Crippen LogP contribution in [-0.4, -0.2) is 49.7 Å². The number of nitrogens with zero attached hydrogens (tertiary/aromatic N) is 3. The molecule has 0 bridgehead atoms. The van der Waals surface area contributed by atoms with E-state index in [9.17, 15) is 18.5 Å². The quantitative estimate of drug-likeness (QED) is 0.565. The number of hydrogen-bond donors (Lipinski definition) is 1. The van der Waals surface area contributed by atoms with Crippen molar-refractivity contribution < 1.29 is 13.2 Å². The number of amides is 1. The molecule has 1 amide bonds. The molecule has 1 N–H and O–H groups in total. The van der Waals surface area contributed by atoms with Gasteiger partial charge in [0.15, 0.2) is 0 Å². The smallest absolute Gasteiger partial charge is 0.267 e. The van der Waals surface area contributed by atoms with Crippen molar-refractivity contribution >= 4 is 33.2 Å². The van der Waals surface area contributed by atoms with Crippen LogP contribution >= 0.6 is 11.6 Å². The molecule has 1 saturated heterocycles. The van der Waals surface area contributed by atoms with E-state index in [1.807, 2.05) is 6.07 Å². The van der Waals surface area contributed by atoms with Gasteiger partial charge in [0.2, 0.25) is 10.0 Å². The Morgan fingerprint density at radius 2 is 1.77 bits per heavy atom. The second-order valence-corrected chi connectivity index (χ2v) is 9.12. The first-order chi connectivity index (χ1) is 14.3. The SMILES string of the molecule is Cc1c(Cl)cccc1NC(=O)/C(C#N)=C\N1CCN(S(=O)(=O)c2ccccc2)CC1. The lowest BCUT2D eigenvalue weighted by molar-refractivity contribution is -0.112. The van der Waals surface area contributed by atoms with Crippen molar-refractivity contribution in [2.45, 2.75) is 11.8 Å². The molecular formula is C21H21ClN4O3S. The Kier molecular flexibility index (Phi) is 6.77. The number of piperazine rings is 1. The number of anilines is 1. The van der Waals surface area contributed by atoms with Gasteiger partial charge in [-0.2, -0.15) is 9.57 Å². The van der Waals surface area contributed by atoms with Crippen molar-refractivity contribution in [3.8, 4) is 6.07 Å². The van der Waals surface area contributed by atoms with E-state index in [4.69, 9.17) is 11.6 Å². The molecule has 2 aromatic rings. The third-order valence-corrected chi connectivity index (χ3v) is 7.17. The van der Waals surface area contributed by atoms with Crippen LogP contribution in [0.15, 0.2) is 65.2 Å². The first kappa shape index (κ1) is 21.8. The van der Waals surface area contributed by atoms with Gasteiger partial charge in [-0.05, 0) is 36.8 Å². The Hall–Kier alpha value is -2.86. The summed E-state index contributed by atoms with van der Waals surface area (Å²) in [5.74, 6) is -0.540. The van der Waals surface area contributed by atoms with Crippen molar-refractivity contribution in [3.63, 3.8) is 0 Å². The zero-order valence-corrected chi connectivity index (χ0v) is 17.9. The molecule has 1 fully saturated rings. The van der Waals surface area contributed by atoms with Crippen molar-refractivity contribution in [1.82, 2.24) is 9.21 Å². The molecule has 0 aromatic heterocycles. The largest absolute Gasteiger partial charge is 0.373 e. The Morgan fingerprint density at radius 1 is 1.10 bits per heavy atom. The number of carbonyl (C=O) groups is 1. The maximum atomic E-state index is 12.7. The van der Waals surface area contributed by atoms with Crippen molar-refractivity contribution in [2.75, 3.05) is 31.5 Å². The number of hydrogen-bond acceptors (Lipinski definition) is 5. The number of rotatable bonds is 5. The lowest BCUT2D eigenvalue weighted by Crippen LogP contribution is -2.46. The van der Waals surface area contributed by atoms with E-state index >= 15 is 0 Å². The molecule has 9 heteroatoms. The zero-order chi connectivity index (χ0) is 21.7. The van der Waals surface area contributed by atoms with Crippen LogP contribution in [0, 0.1) is 18.3 Å². The predicted molar refractivity (Wildman–Crippen MR) is 115 cm³/mol. The topological polar surface area (TPSA) is 93.5 Å². The normalized spacial score (nSPS) is 15.5. The zero-order valence-electron chi connectivity index (χ0n) is 16.4. The van der Waals surface area contributed by atoms with Crippen LogP contribution in [0.1, 0.15) is 5.56 Å². The lowest BCUT2D eigenvalue weighted by atomic mass is 10.2. The van der Waals surface area contributed by atoms with Crippen LogP contribution in [0.25, 0.3) is 0 Å². The van der Waals surface area contributed by atoms with Gasteiger partial charge in [-0.1, -0.05) is 35.9 Å². The minimum absolute atomic E-state index is 0.0613. The second kappa shape index (κ2) is 9.30. The molecule has 156 valence electrons. The molecular weight excluding hydrogens is 424 g/mol. The molecule has 0 unspecified atom stereocenters. The van der Waals surface area contributed by atoms with Gasteiger partial charge >= 0.3 is 0 Å². The number of nitriles is 1. The molecule has 0 atom stereocenters. The summed E-state index contributed by atoms with van der Waals surface area (Å²) in [4.78, 5) is 14.5. The van der Waals surface area contributed by atoms with Gasteiger partial charge < -0.3 is 10.2 Å². The second-order valence-electron chi connectivity index (χ2n) is 6.77. The van der Waals surface area contributed by atoms with Crippen LogP contribution in [0.4, 0.5) is 5.69 Å². The minimum atomic E-state index is -3.56. The summed E-state index contributed by atoms with van der Waals surface area (Å²) >= 11 is 6.07. The number of halogens is 1. The maximum absolute atomic E-state index is 12.7. The molecule has 30 heavy (non-hydrogen) atoms. The van der Waals surface area contributed by atoms with Crippen molar-refractivity contribution in [2.24, 2.45) is 0 Å². The van der Waals surface area contributed by atoms with E-state index in [0.29, 0.717) is 29.4 Å². The molecule has 1 aliphatic rings. The molecule has 1 heterocycles. The first-order valence-electron chi connectivity index (χ1n) is 9.30. The van der Waals surface area contributed by atoms with E-state index in [2.05, 4.69) is 5.32 Å². The van der Waals surface area contributed by atoms with Crippen LogP contribution in [0.5, 0.6) is 0 Å². The highest BCUT2D eigenvalue weighted by Gasteiger charge is 2.28. The van der Waals surface area contributed by atoms with Crippen molar-refractivity contribution in [3.05, 3.63) is 70.9 Å². The van der Waals surface area contributed by atoms with Gasteiger partial charge in [0.05, 0.1) is 4.90 Å². The van der Waals surface area contributed by atoms with Crippen LogP contribution < -0.4 is 5.32 Å². The van der Waals surface area contributed by atoms with Gasteiger partial charge in [0, 0.05) is 43.1 Å². The fraction of sp³-hybridized carbons (Fsp3) is 0.238. The summed E-state index contributed by atoms with van der Waals surface area (Å²) in [6, 6.07) is 15.3. The fourth-order valence-electron chi connectivity index (χ4n) is 3.07. The molecule has 0 spiro atoms. The summed E-state index contributed by atoms with van der Waals surface area (Å²) in [5.41, 5.74) is 1.19. The molecule has 0 aliphatic carbocycles. The lowest BCUT2D eigenvalue weighted by Gasteiger charge is -2.33. The highest BCUT2D eigenvalue weighted by molar-refractivity contribution is 7.89. The molecule has 0 radical (unpaired) electrons. The van der Waals surface area contributed by atoms with E-state index in [-0.39, 0.29) is 23.6 Å². The standard InChI is InChI=1S/C21H21ClN4O3S/c1-16-19(22)8-5-9-20(16)24-21(27)17(14-23)15-25-10-12-26(13-11-25)30(28,29)18-6-3-2-4-7-18/h2-9,15H,10-13H2,1H3,(H,24,27)/b17-15-. The highest BCUT2D eigenvalue weighted by Crippen LogP contribution is 2.23. The third-order valence-electron chi connectivity index (χ3n) is 4.85. The summed E-state index contributed by atoms with van der Waals surface area (Å²) in [7, 11) is -3.56.